The van der Waals surface area contributed by atoms with Crippen LogP contribution in [0.5, 0.6) is 0 Å². The number of esters is 1. The van der Waals surface area contributed by atoms with Crippen LogP contribution in [0.25, 0.3) is 0 Å². The van der Waals surface area contributed by atoms with Crippen molar-refractivity contribution in [2.24, 2.45) is 5.92 Å². The zero-order chi connectivity index (χ0) is 25.3. The van der Waals surface area contributed by atoms with E-state index in [1.807, 2.05) is 74.5 Å². The van der Waals surface area contributed by atoms with Gasteiger partial charge in [-0.2, -0.15) is 0 Å². The fraction of sp³-hybridized carbons (Fsp3) is 0.484. The Balaban J connectivity index is 2.07. The van der Waals surface area contributed by atoms with Crippen molar-refractivity contribution in [2.75, 3.05) is 13.7 Å². The van der Waals surface area contributed by atoms with Gasteiger partial charge in [-0.05, 0) is 37.0 Å². The zero-order valence-electron chi connectivity index (χ0n) is 21.9. The van der Waals surface area contributed by atoms with Gasteiger partial charge in [0.25, 0.3) is 0 Å². The van der Waals surface area contributed by atoms with Gasteiger partial charge in [-0.3, -0.25) is 0 Å². The fourth-order valence-corrected chi connectivity index (χ4v) is 4.00. The molecule has 0 fully saturated rings. The Morgan fingerprint density at radius 3 is 2.29 bits per heavy atom. The molecule has 35 heavy (non-hydrogen) atoms. The molecule has 2 rings (SSSR count). The Kier molecular flexibility index (Phi) is 13.8. The lowest BCUT2D eigenvalue weighted by molar-refractivity contribution is -0.162. The van der Waals surface area contributed by atoms with Crippen LogP contribution in [0.3, 0.4) is 0 Å². The minimum atomic E-state index is -0.772. The summed E-state index contributed by atoms with van der Waals surface area (Å²) in [6.45, 7) is 7.23. The molecule has 0 aromatic heterocycles. The van der Waals surface area contributed by atoms with Gasteiger partial charge in [-0.15, -0.1) is 5.73 Å². The average Bonchev–Trinajstić information content (AvgIpc) is 2.88. The van der Waals surface area contributed by atoms with E-state index in [9.17, 15) is 4.79 Å². The fourth-order valence-electron chi connectivity index (χ4n) is 4.00. The molecular weight excluding hydrogens is 436 g/mol. The molecule has 0 amide bonds. The molecule has 4 nitrogen and oxygen atoms in total. The molecule has 0 bridgehead atoms. The maximum Gasteiger partial charge on any atom is 0.340 e. The molecule has 0 heterocycles. The summed E-state index contributed by atoms with van der Waals surface area (Å²) in [5.41, 5.74) is 6.17. The first-order valence-corrected chi connectivity index (χ1v) is 12.9. The number of benzene rings is 2. The molecule has 0 radical (unpaired) electrons. The van der Waals surface area contributed by atoms with Gasteiger partial charge in [-0.1, -0.05) is 100 Å². The Hall–Kier alpha value is -2.65. The quantitative estimate of drug-likeness (QED) is 0.142. The van der Waals surface area contributed by atoms with Gasteiger partial charge >= 0.3 is 5.97 Å². The van der Waals surface area contributed by atoms with Crippen LogP contribution in [0.1, 0.15) is 76.5 Å². The predicted molar refractivity (Wildman–Crippen MR) is 142 cm³/mol. The second kappa shape index (κ2) is 16.9. The van der Waals surface area contributed by atoms with Crippen molar-refractivity contribution in [1.29, 1.82) is 0 Å². The first kappa shape index (κ1) is 28.6. The van der Waals surface area contributed by atoms with Crippen molar-refractivity contribution in [1.82, 2.24) is 0 Å². The Morgan fingerprint density at radius 2 is 1.63 bits per heavy atom. The smallest absolute Gasteiger partial charge is 0.340 e. The van der Waals surface area contributed by atoms with Gasteiger partial charge in [0.1, 0.15) is 6.10 Å². The van der Waals surface area contributed by atoms with Crippen molar-refractivity contribution < 1.29 is 19.0 Å². The maximum absolute atomic E-state index is 13.1. The molecule has 0 aliphatic carbocycles. The summed E-state index contributed by atoms with van der Waals surface area (Å²) in [4.78, 5) is 13.1. The highest BCUT2D eigenvalue weighted by atomic mass is 16.6. The third kappa shape index (κ3) is 10.7. The molecule has 190 valence electrons. The lowest BCUT2D eigenvalue weighted by atomic mass is 9.98. The second-order valence-corrected chi connectivity index (χ2v) is 9.10. The van der Waals surface area contributed by atoms with Gasteiger partial charge in [0.2, 0.25) is 0 Å². The van der Waals surface area contributed by atoms with Gasteiger partial charge in [0.05, 0.1) is 13.2 Å². The van der Waals surface area contributed by atoms with Crippen molar-refractivity contribution in [3.8, 4) is 0 Å². The van der Waals surface area contributed by atoms with E-state index in [-0.39, 0.29) is 5.92 Å². The van der Waals surface area contributed by atoms with Crippen LogP contribution in [0.4, 0.5) is 0 Å². The van der Waals surface area contributed by atoms with Gasteiger partial charge in [0, 0.05) is 18.6 Å². The molecule has 2 aromatic carbocycles. The summed E-state index contributed by atoms with van der Waals surface area (Å²) in [6.07, 6.45) is 8.04. The van der Waals surface area contributed by atoms with E-state index in [4.69, 9.17) is 14.2 Å². The second-order valence-electron chi connectivity index (χ2n) is 9.10. The van der Waals surface area contributed by atoms with Crippen LogP contribution < -0.4 is 0 Å². The maximum atomic E-state index is 13.1. The number of hydrogen-bond acceptors (Lipinski definition) is 4. The van der Waals surface area contributed by atoms with Crippen molar-refractivity contribution in [3.05, 3.63) is 89.2 Å². The van der Waals surface area contributed by atoms with E-state index in [1.54, 1.807) is 0 Å². The number of carbonyl (C=O) groups excluding carboxylic acids is 1. The van der Waals surface area contributed by atoms with E-state index in [0.717, 1.165) is 29.5 Å². The molecule has 0 N–H and O–H groups in total. The molecule has 0 spiro atoms. The Labute approximate surface area is 212 Å². The van der Waals surface area contributed by atoms with Crippen LogP contribution in [-0.2, 0) is 25.6 Å². The van der Waals surface area contributed by atoms with Gasteiger partial charge in [-0.25, -0.2) is 4.79 Å². The third-order valence-corrected chi connectivity index (χ3v) is 6.01. The first-order valence-electron chi connectivity index (χ1n) is 12.9. The SMILES string of the molecule is CCCCCCCC=C=C(C)[C@@H](OC(=O)[C@@H](OC)c1ccccc1)[C@@H](C)COCc1ccccc1. The van der Waals surface area contributed by atoms with Crippen molar-refractivity contribution in [2.45, 2.75) is 78.1 Å². The standard InChI is InChI=1S/C31H42O4/c1-5-6-7-8-9-10-13-18-25(2)29(26(3)23-34-24-27-19-14-11-15-20-27)35-31(32)30(33-4)28-21-16-12-17-22-28/h11-17,19-22,26,29-30H,5-10,23-24H2,1-4H3/t18?,26-,29+,30-/m0/s1. The molecule has 0 aliphatic rings. The van der Waals surface area contributed by atoms with E-state index < -0.39 is 18.2 Å². The number of carbonyl (C=O) groups is 1. The number of rotatable bonds is 16. The average molecular weight is 479 g/mol. The molecule has 0 aliphatic heterocycles. The lowest BCUT2D eigenvalue weighted by Crippen LogP contribution is -2.32. The summed E-state index contributed by atoms with van der Waals surface area (Å²) in [7, 11) is 1.53. The number of unbranched alkanes of at least 4 members (excludes halogenated alkanes) is 5. The largest absolute Gasteiger partial charge is 0.455 e. The molecule has 0 saturated heterocycles. The number of methoxy groups -OCH3 is 1. The first-order chi connectivity index (χ1) is 17.1. The van der Waals surface area contributed by atoms with E-state index in [0.29, 0.717) is 13.2 Å². The minimum absolute atomic E-state index is 0.0404. The predicted octanol–water partition coefficient (Wildman–Crippen LogP) is 7.60. The molecule has 2 aromatic rings. The van der Waals surface area contributed by atoms with Crippen LogP contribution in [-0.4, -0.2) is 25.8 Å². The van der Waals surface area contributed by atoms with E-state index in [1.165, 1.54) is 32.8 Å². The summed E-state index contributed by atoms with van der Waals surface area (Å²) in [6, 6.07) is 19.5. The summed E-state index contributed by atoms with van der Waals surface area (Å²) in [5.74, 6) is -0.444. The lowest BCUT2D eigenvalue weighted by Gasteiger charge is -2.26. The van der Waals surface area contributed by atoms with E-state index >= 15 is 0 Å². The third-order valence-electron chi connectivity index (χ3n) is 6.01. The van der Waals surface area contributed by atoms with Gasteiger partial charge in [0.15, 0.2) is 6.10 Å². The molecular formula is C31H42O4. The molecule has 4 heteroatoms. The molecule has 3 atom stereocenters. The van der Waals surface area contributed by atoms with Crippen molar-refractivity contribution >= 4 is 5.97 Å². The van der Waals surface area contributed by atoms with Crippen LogP contribution in [0.15, 0.2) is 78.0 Å². The normalized spacial score (nSPS) is 13.4. The Morgan fingerprint density at radius 1 is 0.971 bits per heavy atom. The molecule has 0 saturated carbocycles. The highest BCUT2D eigenvalue weighted by Crippen LogP contribution is 2.24. The van der Waals surface area contributed by atoms with E-state index in [2.05, 4.69) is 18.7 Å². The van der Waals surface area contributed by atoms with Crippen LogP contribution in [0, 0.1) is 5.92 Å². The number of hydrogen-bond donors (Lipinski definition) is 0. The zero-order valence-corrected chi connectivity index (χ0v) is 21.9. The number of ether oxygens (including phenoxy) is 3. The topological polar surface area (TPSA) is 44.8 Å². The highest BCUT2D eigenvalue weighted by molar-refractivity contribution is 5.77. The van der Waals surface area contributed by atoms with Gasteiger partial charge < -0.3 is 14.2 Å². The monoisotopic (exact) mass is 478 g/mol. The Bertz CT molecular complexity index is 900. The highest BCUT2D eigenvalue weighted by Gasteiger charge is 2.29. The van der Waals surface area contributed by atoms with Crippen LogP contribution in [0.2, 0.25) is 0 Å². The van der Waals surface area contributed by atoms with Crippen molar-refractivity contribution in [3.63, 3.8) is 0 Å². The molecule has 0 unspecified atom stereocenters. The van der Waals surface area contributed by atoms with Crippen LogP contribution >= 0.6 is 0 Å². The minimum Gasteiger partial charge on any atom is -0.455 e. The summed E-state index contributed by atoms with van der Waals surface area (Å²) < 4.78 is 17.5. The summed E-state index contributed by atoms with van der Waals surface area (Å²) in [5, 5.41) is 0. The summed E-state index contributed by atoms with van der Waals surface area (Å²) >= 11 is 0.